The molecule has 3 aromatic heterocycles. The second kappa shape index (κ2) is 6.17. The molecule has 0 aromatic carbocycles. The molecule has 3 aromatic rings. The Kier molecular flexibility index (Phi) is 4.03. The van der Waals surface area contributed by atoms with Crippen LogP contribution in [0.25, 0.3) is 10.2 Å². The third-order valence-electron chi connectivity index (χ3n) is 4.39. The van der Waals surface area contributed by atoms with Gasteiger partial charge in [0.15, 0.2) is 0 Å². The first-order valence-electron chi connectivity index (χ1n) is 8.11. The van der Waals surface area contributed by atoms with Gasteiger partial charge in [0.1, 0.15) is 17.0 Å². The van der Waals surface area contributed by atoms with Crippen molar-refractivity contribution in [1.29, 1.82) is 0 Å². The fourth-order valence-electron chi connectivity index (χ4n) is 3.21. The maximum atomic E-state index is 4.52. The lowest BCUT2D eigenvalue weighted by molar-refractivity contribution is 0.509. The van der Waals surface area contributed by atoms with E-state index in [4.69, 9.17) is 0 Å². The van der Waals surface area contributed by atoms with Crippen LogP contribution in [-0.2, 0) is 19.3 Å². The van der Waals surface area contributed by atoms with Crippen LogP contribution in [0.1, 0.15) is 34.5 Å². The van der Waals surface area contributed by atoms with E-state index in [1.54, 1.807) is 17.7 Å². The van der Waals surface area contributed by atoms with Crippen LogP contribution in [0.3, 0.4) is 0 Å². The van der Waals surface area contributed by atoms with Gasteiger partial charge in [-0.1, -0.05) is 6.92 Å². The van der Waals surface area contributed by atoms with E-state index in [1.165, 1.54) is 33.7 Å². The molecule has 6 heteroatoms. The van der Waals surface area contributed by atoms with E-state index >= 15 is 0 Å². The Labute approximate surface area is 144 Å². The Balaban J connectivity index is 1.57. The molecule has 0 saturated carbocycles. The van der Waals surface area contributed by atoms with Crippen molar-refractivity contribution in [2.45, 2.75) is 39.5 Å². The van der Waals surface area contributed by atoms with Gasteiger partial charge in [-0.15, -0.1) is 22.7 Å². The minimum absolute atomic E-state index is 0.785. The molecule has 1 aliphatic carbocycles. The lowest BCUT2D eigenvalue weighted by atomic mass is 9.89. The van der Waals surface area contributed by atoms with Crippen molar-refractivity contribution in [3.63, 3.8) is 0 Å². The molecule has 0 fully saturated rings. The molecule has 1 aliphatic rings. The molecule has 0 unspecified atom stereocenters. The van der Waals surface area contributed by atoms with Gasteiger partial charge in [0.25, 0.3) is 0 Å². The van der Waals surface area contributed by atoms with E-state index in [2.05, 4.69) is 32.6 Å². The molecule has 0 bridgehead atoms. The van der Waals surface area contributed by atoms with E-state index in [1.807, 2.05) is 18.3 Å². The number of rotatable bonds is 4. The topological polar surface area (TPSA) is 50.7 Å². The number of hydrogen-bond donors (Lipinski definition) is 1. The van der Waals surface area contributed by atoms with Gasteiger partial charge in [-0.25, -0.2) is 15.0 Å². The summed E-state index contributed by atoms with van der Waals surface area (Å²) in [5.74, 6) is 1.78. The molecule has 1 atom stereocenters. The normalized spacial score (nSPS) is 17.4. The Morgan fingerprint density at radius 1 is 1.35 bits per heavy atom. The van der Waals surface area contributed by atoms with Gasteiger partial charge in [-0.3, -0.25) is 0 Å². The molecule has 3 heterocycles. The molecule has 4 rings (SSSR count). The molecule has 0 radical (unpaired) electrons. The third-order valence-corrected chi connectivity index (χ3v) is 6.58. The molecule has 4 nitrogen and oxygen atoms in total. The lowest BCUT2D eigenvalue weighted by Crippen LogP contribution is -2.10. The maximum Gasteiger partial charge on any atom is 0.138 e. The van der Waals surface area contributed by atoms with Crippen molar-refractivity contribution in [2.24, 2.45) is 5.92 Å². The van der Waals surface area contributed by atoms with Crippen LogP contribution in [-0.4, -0.2) is 21.5 Å². The van der Waals surface area contributed by atoms with Crippen LogP contribution in [0.5, 0.6) is 0 Å². The van der Waals surface area contributed by atoms with Crippen LogP contribution in [0.2, 0.25) is 0 Å². The first-order valence-corrected chi connectivity index (χ1v) is 9.80. The minimum Gasteiger partial charge on any atom is -0.369 e. The van der Waals surface area contributed by atoms with E-state index in [9.17, 15) is 0 Å². The molecular weight excluding hydrogens is 324 g/mol. The van der Waals surface area contributed by atoms with Crippen molar-refractivity contribution in [3.05, 3.63) is 32.8 Å². The Morgan fingerprint density at radius 2 is 2.26 bits per heavy atom. The number of anilines is 1. The summed E-state index contributed by atoms with van der Waals surface area (Å²) in [6.07, 6.45) is 6.24. The van der Waals surface area contributed by atoms with Gasteiger partial charge >= 0.3 is 0 Å². The summed E-state index contributed by atoms with van der Waals surface area (Å²) >= 11 is 3.58. The van der Waals surface area contributed by atoms with Crippen LogP contribution in [0, 0.1) is 12.8 Å². The summed E-state index contributed by atoms with van der Waals surface area (Å²) in [6.45, 7) is 5.24. The van der Waals surface area contributed by atoms with Gasteiger partial charge < -0.3 is 5.32 Å². The maximum absolute atomic E-state index is 4.52. The SMILES string of the molecule is Cc1csc(CCNc2ncnc3sc4c(c23)CC[C@H](C)C4)n1. The number of thiophene rings is 1. The number of fused-ring (bicyclic) bond motifs is 3. The minimum atomic E-state index is 0.785. The highest BCUT2D eigenvalue weighted by atomic mass is 32.1. The zero-order valence-corrected chi connectivity index (χ0v) is 15.1. The van der Waals surface area contributed by atoms with E-state index < -0.39 is 0 Å². The average molecular weight is 345 g/mol. The summed E-state index contributed by atoms with van der Waals surface area (Å²) < 4.78 is 0. The van der Waals surface area contributed by atoms with Crippen molar-refractivity contribution in [1.82, 2.24) is 15.0 Å². The number of aromatic nitrogens is 3. The highest BCUT2D eigenvalue weighted by molar-refractivity contribution is 7.19. The lowest BCUT2D eigenvalue weighted by Gasteiger charge is -2.18. The van der Waals surface area contributed by atoms with Gasteiger partial charge in [-0.05, 0) is 37.7 Å². The monoisotopic (exact) mass is 344 g/mol. The van der Waals surface area contributed by atoms with Crippen LogP contribution in [0.4, 0.5) is 5.82 Å². The zero-order chi connectivity index (χ0) is 15.8. The number of nitrogens with zero attached hydrogens (tertiary/aromatic N) is 3. The van der Waals surface area contributed by atoms with E-state index in [-0.39, 0.29) is 0 Å². The quantitative estimate of drug-likeness (QED) is 0.769. The highest BCUT2D eigenvalue weighted by Gasteiger charge is 2.22. The smallest absolute Gasteiger partial charge is 0.138 e. The summed E-state index contributed by atoms with van der Waals surface area (Å²) in [5, 5.41) is 8.06. The number of nitrogens with one attached hydrogen (secondary N) is 1. The van der Waals surface area contributed by atoms with E-state index in [0.29, 0.717) is 0 Å². The molecule has 0 saturated heterocycles. The summed E-state index contributed by atoms with van der Waals surface area (Å²) in [4.78, 5) is 16.2. The van der Waals surface area contributed by atoms with Crippen LogP contribution in [0.15, 0.2) is 11.7 Å². The van der Waals surface area contributed by atoms with Crippen molar-refractivity contribution in [3.8, 4) is 0 Å². The second-order valence-electron chi connectivity index (χ2n) is 6.31. The highest BCUT2D eigenvalue weighted by Crippen LogP contribution is 2.39. The first-order chi connectivity index (χ1) is 11.2. The fraction of sp³-hybridized carbons (Fsp3) is 0.471. The Morgan fingerprint density at radius 3 is 3.09 bits per heavy atom. The Hall–Kier alpha value is -1.53. The predicted octanol–water partition coefficient (Wildman–Crippen LogP) is 4.24. The molecular formula is C17H20N4S2. The number of thiazole rings is 1. The molecule has 0 amide bonds. The van der Waals surface area contributed by atoms with Crippen molar-refractivity contribution >= 4 is 38.7 Å². The van der Waals surface area contributed by atoms with Gasteiger partial charge in [-0.2, -0.15) is 0 Å². The third kappa shape index (κ3) is 2.97. The number of hydrogen-bond acceptors (Lipinski definition) is 6. The Bertz CT molecular complexity index is 836. The first kappa shape index (κ1) is 15.0. The van der Waals surface area contributed by atoms with Crippen molar-refractivity contribution < 1.29 is 0 Å². The molecule has 23 heavy (non-hydrogen) atoms. The van der Waals surface area contributed by atoms with Gasteiger partial charge in [0, 0.05) is 28.9 Å². The van der Waals surface area contributed by atoms with Gasteiger partial charge in [0.2, 0.25) is 0 Å². The molecule has 0 spiro atoms. The summed E-state index contributed by atoms with van der Waals surface area (Å²) in [5.41, 5.74) is 2.59. The molecule has 0 aliphatic heterocycles. The molecule has 1 N–H and O–H groups in total. The molecule has 120 valence electrons. The van der Waals surface area contributed by atoms with Gasteiger partial charge in [0.05, 0.1) is 10.4 Å². The largest absolute Gasteiger partial charge is 0.369 e. The predicted molar refractivity (Wildman–Crippen MR) is 97.6 cm³/mol. The number of aryl methyl sites for hydroxylation is 2. The van der Waals surface area contributed by atoms with E-state index in [0.717, 1.165) is 41.6 Å². The average Bonchev–Trinajstić information content (AvgIpc) is 3.10. The summed E-state index contributed by atoms with van der Waals surface area (Å²) in [6, 6.07) is 0. The zero-order valence-electron chi connectivity index (χ0n) is 13.4. The second-order valence-corrected chi connectivity index (χ2v) is 8.34. The standard InChI is InChI=1S/C17H20N4S2/c1-10-3-4-12-13(7-10)23-17-15(12)16(19-9-20-17)18-6-5-14-21-11(2)8-22-14/h8-10H,3-7H2,1-2H3,(H,18,19,20)/t10-/m0/s1. The van der Waals surface area contributed by atoms with Crippen molar-refractivity contribution in [2.75, 3.05) is 11.9 Å². The fourth-order valence-corrected chi connectivity index (χ4v) is 5.34. The summed E-state index contributed by atoms with van der Waals surface area (Å²) in [7, 11) is 0. The van der Waals surface area contributed by atoms with Crippen LogP contribution >= 0.6 is 22.7 Å². The van der Waals surface area contributed by atoms with Crippen LogP contribution < -0.4 is 5.32 Å².